The van der Waals surface area contributed by atoms with Crippen LogP contribution < -0.4 is 0 Å². The van der Waals surface area contributed by atoms with Gasteiger partial charge in [0.05, 0.1) is 17.0 Å². The molecule has 188 valence electrons. The highest BCUT2D eigenvalue weighted by molar-refractivity contribution is 5.98. The Morgan fingerprint density at radius 2 is 1.32 bits per heavy atom. The molecule has 3 nitrogen and oxygen atoms in total. The van der Waals surface area contributed by atoms with Crippen LogP contribution in [0.1, 0.15) is 16.7 Å². The first-order valence-corrected chi connectivity index (χ1v) is 12.4. The fourth-order valence-electron chi connectivity index (χ4n) is 4.88. The van der Waals surface area contributed by atoms with Gasteiger partial charge in [0, 0.05) is 33.8 Å². The van der Waals surface area contributed by atoms with E-state index in [1.807, 2.05) is 60.8 Å². The number of nitrogens with one attached hydrogen (secondary N) is 2. The van der Waals surface area contributed by atoms with Crippen molar-refractivity contribution in [2.75, 3.05) is 0 Å². The van der Waals surface area contributed by atoms with Crippen molar-refractivity contribution in [2.45, 2.75) is 19.0 Å². The number of alkyl halides is 3. The smallest absolute Gasteiger partial charge is 0.360 e. The molecule has 0 fully saturated rings. The normalized spacial score (nSPS) is 11.8. The maximum absolute atomic E-state index is 13.8. The van der Waals surface area contributed by atoms with Crippen molar-refractivity contribution in [2.24, 2.45) is 0 Å². The van der Waals surface area contributed by atoms with Crippen LogP contribution in [-0.4, -0.2) is 15.0 Å². The molecular formula is C32H24F3N3. The first-order chi connectivity index (χ1) is 18.5. The van der Waals surface area contributed by atoms with E-state index < -0.39 is 11.7 Å². The largest absolute Gasteiger partial charge is 0.417 e. The summed E-state index contributed by atoms with van der Waals surface area (Å²) in [7, 11) is 0. The van der Waals surface area contributed by atoms with Crippen molar-refractivity contribution in [1.29, 1.82) is 0 Å². The predicted octanol–water partition coefficient (Wildman–Crippen LogP) is 8.70. The zero-order chi connectivity index (χ0) is 26.1. The van der Waals surface area contributed by atoms with E-state index in [0.29, 0.717) is 11.4 Å². The Hall–Kier alpha value is -4.58. The fraction of sp³-hybridized carbons (Fsp3) is 0.0938. The molecule has 38 heavy (non-hydrogen) atoms. The second kappa shape index (κ2) is 9.71. The minimum absolute atomic E-state index is 0.0202. The number of aromatic nitrogens is 3. The van der Waals surface area contributed by atoms with E-state index in [1.165, 1.54) is 23.3 Å². The highest BCUT2D eigenvalue weighted by atomic mass is 19.4. The number of para-hydroxylation sites is 1. The first-order valence-electron chi connectivity index (χ1n) is 12.4. The summed E-state index contributed by atoms with van der Waals surface area (Å²) in [4.78, 5) is 11.2. The summed E-state index contributed by atoms with van der Waals surface area (Å²) in [6.45, 7) is 0. The van der Waals surface area contributed by atoms with Crippen LogP contribution in [0.15, 0.2) is 109 Å². The number of hydrogen-bond donors (Lipinski definition) is 2. The van der Waals surface area contributed by atoms with E-state index in [4.69, 9.17) is 4.98 Å². The summed E-state index contributed by atoms with van der Waals surface area (Å²) in [6.07, 6.45) is -0.799. The summed E-state index contributed by atoms with van der Waals surface area (Å²) < 4.78 is 41.5. The fourth-order valence-corrected chi connectivity index (χ4v) is 4.88. The molecule has 0 radical (unpaired) electrons. The standard InChI is InChI=1S/C32H24F3N3/c33-32(34,35)27-12-6-4-11-25(27)31-37-29(30(38-31)26-20-36-28-13-7-5-10-24(26)28)23-18-16-22(17-19-23)15-14-21-8-2-1-3-9-21/h1-13,16-20,36H,14-15H2,(H,37,38). The molecule has 0 unspecified atom stereocenters. The third kappa shape index (κ3) is 4.61. The average molecular weight is 508 g/mol. The van der Waals surface area contributed by atoms with E-state index >= 15 is 0 Å². The molecule has 0 aliphatic carbocycles. The summed E-state index contributed by atoms with van der Waals surface area (Å²) in [5, 5.41) is 0.965. The number of aromatic amines is 2. The Labute approximate surface area is 218 Å². The predicted molar refractivity (Wildman–Crippen MR) is 146 cm³/mol. The number of rotatable bonds is 6. The lowest BCUT2D eigenvalue weighted by Crippen LogP contribution is -2.07. The van der Waals surface area contributed by atoms with Gasteiger partial charge in [-0.3, -0.25) is 0 Å². The molecule has 6 heteroatoms. The van der Waals surface area contributed by atoms with Crippen LogP contribution in [-0.2, 0) is 19.0 Å². The van der Waals surface area contributed by atoms with Crippen LogP contribution in [0.25, 0.3) is 44.8 Å². The zero-order valence-electron chi connectivity index (χ0n) is 20.4. The molecule has 4 aromatic carbocycles. The lowest BCUT2D eigenvalue weighted by atomic mass is 10.0. The van der Waals surface area contributed by atoms with Crippen LogP contribution in [0.3, 0.4) is 0 Å². The van der Waals surface area contributed by atoms with Crippen LogP contribution in [0.2, 0.25) is 0 Å². The number of imidazole rings is 1. The number of H-pyrrole nitrogens is 2. The molecule has 6 aromatic rings. The molecule has 6 rings (SSSR count). The SMILES string of the molecule is FC(F)(F)c1ccccc1-c1nc(-c2ccc(CCc3ccccc3)cc2)c(-c2c[nH]c3ccccc23)[nH]1. The van der Waals surface area contributed by atoms with Crippen molar-refractivity contribution >= 4 is 10.9 Å². The van der Waals surface area contributed by atoms with Crippen LogP contribution in [0, 0.1) is 0 Å². The lowest BCUT2D eigenvalue weighted by molar-refractivity contribution is -0.137. The average Bonchev–Trinajstić information content (AvgIpc) is 3.57. The molecule has 0 saturated carbocycles. The van der Waals surface area contributed by atoms with Crippen molar-refractivity contribution in [3.63, 3.8) is 0 Å². The summed E-state index contributed by atoms with van der Waals surface area (Å²) in [5.74, 6) is 0.182. The molecule has 0 aliphatic heterocycles. The maximum Gasteiger partial charge on any atom is 0.417 e. The van der Waals surface area contributed by atoms with Gasteiger partial charge in [-0.05, 0) is 36.1 Å². The Kier molecular flexibility index (Phi) is 6.08. The molecule has 2 aromatic heterocycles. The van der Waals surface area contributed by atoms with Gasteiger partial charge >= 0.3 is 6.18 Å². The number of benzene rings is 4. The third-order valence-electron chi connectivity index (χ3n) is 6.82. The van der Waals surface area contributed by atoms with Crippen LogP contribution >= 0.6 is 0 Å². The molecule has 2 N–H and O–H groups in total. The van der Waals surface area contributed by atoms with Gasteiger partial charge in [-0.2, -0.15) is 13.2 Å². The van der Waals surface area contributed by atoms with Crippen molar-refractivity contribution < 1.29 is 13.2 Å². The van der Waals surface area contributed by atoms with Gasteiger partial charge in [0.15, 0.2) is 0 Å². The maximum atomic E-state index is 13.8. The number of hydrogen-bond acceptors (Lipinski definition) is 1. The highest BCUT2D eigenvalue weighted by Crippen LogP contribution is 2.40. The van der Waals surface area contributed by atoms with Gasteiger partial charge in [0.2, 0.25) is 0 Å². The molecule has 2 heterocycles. The van der Waals surface area contributed by atoms with E-state index in [-0.39, 0.29) is 11.4 Å². The Morgan fingerprint density at radius 1 is 0.658 bits per heavy atom. The summed E-state index contributed by atoms with van der Waals surface area (Å²) >= 11 is 0. The van der Waals surface area contributed by atoms with Crippen molar-refractivity contribution in [3.05, 3.63) is 126 Å². The number of aryl methyl sites for hydroxylation is 2. The Bertz CT molecular complexity index is 1690. The topological polar surface area (TPSA) is 44.5 Å². The van der Waals surface area contributed by atoms with Gasteiger partial charge < -0.3 is 9.97 Å². The van der Waals surface area contributed by atoms with E-state index in [2.05, 4.69) is 34.2 Å². The van der Waals surface area contributed by atoms with Crippen LogP contribution in [0.5, 0.6) is 0 Å². The van der Waals surface area contributed by atoms with Crippen molar-refractivity contribution in [3.8, 4) is 33.9 Å². The molecule has 0 bridgehead atoms. The van der Waals surface area contributed by atoms with Gasteiger partial charge in [-0.15, -0.1) is 0 Å². The van der Waals surface area contributed by atoms with E-state index in [1.54, 1.807) is 6.07 Å². The Morgan fingerprint density at radius 3 is 2.08 bits per heavy atom. The highest BCUT2D eigenvalue weighted by Gasteiger charge is 2.34. The van der Waals surface area contributed by atoms with Crippen LogP contribution in [0.4, 0.5) is 13.2 Å². The summed E-state index contributed by atoms with van der Waals surface area (Å²) in [5.41, 5.74) is 5.67. The summed E-state index contributed by atoms with van der Waals surface area (Å²) in [6, 6.07) is 31.8. The van der Waals surface area contributed by atoms with Gasteiger partial charge in [-0.1, -0.05) is 91.0 Å². The molecule has 0 spiro atoms. The molecule has 0 saturated heterocycles. The van der Waals surface area contributed by atoms with E-state index in [0.717, 1.165) is 40.9 Å². The lowest BCUT2D eigenvalue weighted by Gasteiger charge is -2.10. The molecule has 0 aliphatic rings. The molecular weight excluding hydrogens is 483 g/mol. The van der Waals surface area contributed by atoms with Crippen molar-refractivity contribution in [1.82, 2.24) is 15.0 Å². The second-order valence-corrected chi connectivity index (χ2v) is 9.28. The van der Waals surface area contributed by atoms with Gasteiger partial charge in [0.1, 0.15) is 5.82 Å². The Balaban J connectivity index is 1.43. The zero-order valence-corrected chi connectivity index (χ0v) is 20.4. The van der Waals surface area contributed by atoms with Gasteiger partial charge in [0.25, 0.3) is 0 Å². The number of halogens is 3. The minimum atomic E-state index is -4.50. The van der Waals surface area contributed by atoms with E-state index in [9.17, 15) is 13.2 Å². The quantitative estimate of drug-likeness (QED) is 0.233. The minimum Gasteiger partial charge on any atom is -0.360 e. The van der Waals surface area contributed by atoms with Gasteiger partial charge in [-0.25, -0.2) is 4.98 Å². The number of nitrogens with zero attached hydrogens (tertiary/aromatic N) is 1. The third-order valence-corrected chi connectivity index (χ3v) is 6.82. The molecule has 0 amide bonds. The second-order valence-electron chi connectivity index (χ2n) is 9.28. The molecule has 0 atom stereocenters. The first kappa shape index (κ1) is 23.8. The monoisotopic (exact) mass is 507 g/mol. The number of fused-ring (bicyclic) bond motifs is 1.